The fourth-order valence-corrected chi connectivity index (χ4v) is 12.8. The topological polar surface area (TPSA) is 64.6 Å². The fourth-order valence-electron chi connectivity index (χ4n) is 12.8. The van der Waals surface area contributed by atoms with Crippen molar-refractivity contribution in [1.82, 2.24) is 5.32 Å². The van der Waals surface area contributed by atoms with Crippen LogP contribution in [-0.2, 0) is 19.1 Å². The van der Waals surface area contributed by atoms with Gasteiger partial charge in [0.1, 0.15) is 12.2 Å². The molecule has 5 nitrogen and oxygen atoms in total. The number of hydrogen-bond acceptors (Lipinski definition) is 5. The molecule has 0 aromatic heterocycles. The van der Waals surface area contributed by atoms with Crippen LogP contribution in [0.15, 0.2) is 48.6 Å². The van der Waals surface area contributed by atoms with Gasteiger partial charge >= 0.3 is 11.9 Å². The Morgan fingerprint density at radius 3 is 0.706 bits per heavy atom. The van der Waals surface area contributed by atoms with Crippen molar-refractivity contribution in [3.63, 3.8) is 0 Å². The third kappa shape index (κ3) is 56.8. The summed E-state index contributed by atoms with van der Waals surface area (Å²) in [5.41, 5.74) is 0. The lowest BCUT2D eigenvalue weighted by atomic mass is 9.95. The van der Waals surface area contributed by atoms with Crippen molar-refractivity contribution in [1.29, 1.82) is 0 Å². The van der Waals surface area contributed by atoms with Crippen molar-refractivity contribution >= 4 is 11.9 Å². The van der Waals surface area contributed by atoms with Gasteiger partial charge in [-0.1, -0.05) is 346 Å². The molecule has 0 aromatic carbocycles. The summed E-state index contributed by atoms with van der Waals surface area (Å²) < 4.78 is 13.0. The number of allylic oxidation sites excluding steroid dienone is 8. The van der Waals surface area contributed by atoms with Crippen molar-refractivity contribution < 1.29 is 19.1 Å². The molecule has 0 bridgehead atoms. The molecule has 0 amide bonds. The summed E-state index contributed by atoms with van der Waals surface area (Å²) in [6, 6.07) is 0. The summed E-state index contributed by atoms with van der Waals surface area (Å²) in [7, 11) is 0. The molecule has 2 unspecified atom stereocenters. The molecule has 0 spiro atoms. The molecule has 1 N–H and O–H groups in total. The molecule has 85 heavy (non-hydrogen) atoms. The molecule has 1 rings (SSSR count). The highest BCUT2D eigenvalue weighted by molar-refractivity contribution is 5.83. The number of carbonyl (C=O) groups excluding carboxylic acids is 2. The van der Waals surface area contributed by atoms with Gasteiger partial charge in [0.2, 0.25) is 0 Å². The minimum absolute atomic E-state index is 0.0524. The van der Waals surface area contributed by atoms with Crippen molar-refractivity contribution in [3.05, 3.63) is 48.6 Å². The summed E-state index contributed by atoms with van der Waals surface area (Å²) in [5.74, 6) is -1.27. The van der Waals surface area contributed by atoms with Gasteiger partial charge in [0.25, 0.3) is 0 Å². The van der Waals surface area contributed by atoms with E-state index in [2.05, 4.69) is 81.6 Å². The van der Waals surface area contributed by atoms with Crippen LogP contribution in [0.2, 0.25) is 0 Å². The summed E-state index contributed by atoms with van der Waals surface area (Å²) in [6.07, 6.45) is 95.5. The van der Waals surface area contributed by atoms with Gasteiger partial charge in [-0.3, -0.25) is 9.59 Å². The SMILES string of the molecule is CCCCC/C=C\C/C=C\CCCCCCCCC(CCCCCCCC/C=C\C/C=C\CCCCC)OC(=O)C1CNCC1C(=O)OC(CCCCCCCCCCCCCCCCCC)CCCCCCCCCCCCCCCCCC. The quantitative estimate of drug-likeness (QED) is 0.0373. The molecular weight excluding hydrogens is 1040 g/mol. The zero-order chi connectivity index (χ0) is 61.1. The minimum Gasteiger partial charge on any atom is -0.462 e. The van der Waals surface area contributed by atoms with E-state index in [1.54, 1.807) is 0 Å². The van der Waals surface area contributed by atoms with E-state index in [-0.39, 0.29) is 24.1 Å². The fraction of sp³-hybridized carbons (Fsp3) is 0.875. The Bertz CT molecular complexity index is 1400. The van der Waals surface area contributed by atoms with Crippen LogP contribution in [0.25, 0.3) is 0 Å². The highest BCUT2D eigenvalue weighted by Crippen LogP contribution is 2.27. The van der Waals surface area contributed by atoms with Crippen LogP contribution in [0.1, 0.15) is 413 Å². The van der Waals surface area contributed by atoms with Crippen LogP contribution in [-0.4, -0.2) is 37.2 Å². The predicted octanol–water partition coefficient (Wildman–Crippen LogP) is 26.4. The maximum Gasteiger partial charge on any atom is 0.311 e. The molecule has 0 saturated carbocycles. The number of hydrogen-bond donors (Lipinski definition) is 1. The van der Waals surface area contributed by atoms with Crippen molar-refractivity contribution in [2.24, 2.45) is 11.8 Å². The van der Waals surface area contributed by atoms with Gasteiger partial charge < -0.3 is 14.8 Å². The molecule has 0 radical (unpaired) electrons. The van der Waals surface area contributed by atoms with Gasteiger partial charge in [-0.2, -0.15) is 0 Å². The van der Waals surface area contributed by atoms with E-state index >= 15 is 0 Å². The molecule has 1 fully saturated rings. The largest absolute Gasteiger partial charge is 0.462 e. The molecule has 0 aromatic rings. The normalized spacial score (nSPS) is 14.8. The average Bonchev–Trinajstić information content (AvgIpc) is 4.19. The second-order valence-corrected chi connectivity index (χ2v) is 26.9. The van der Waals surface area contributed by atoms with E-state index in [0.717, 1.165) is 64.2 Å². The zero-order valence-corrected chi connectivity index (χ0v) is 57.9. The van der Waals surface area contributed by atoms with Gasteiger partial charge in [0, 0.05) is 13.1 Å². The lowest BCUT2D eigenvalue weighted by Crippen LogP contribution is -2.35. The van der Waals surface area contributed by atoms with E-state index in [9.17, 15) is 9.59 Å². The molecule has 1 aliphatic rings. The number of esters is 2. The van der Waals surface area contributed by atoms with Crippen LogP contribution in [0.3, 0.4) is 0 Å². The average molecular weight is 1190 g/mol. The number of rotatable bonds is 68. The van der Waals surface area contributed by atoms with Crippen LogP contribution in [0, 0.1) is 11.8 Å². The van der Waals surface area contributed by atoms with Crippen LogP contribution in [0.5, 0.6) is 0 Å². The Hall–Kier alpha value is -2.14. The van der Waals surface area contributed by atoms with E-state index in [4.69, 9.17) is 9.47 Å². The summed E-state index contributed by atoms with van der Waals surface area (Å²) >= 11 is 0. The first kappa shape index (κ1) is 80.9. The van der Waals surface area contributed by atoms with Gasteiger partial charge in [0.05, 0.1) is 11.8 Å². The maximum absolute atomic E-state index is 14.2. The third-order valence-electron chi connectivity index (χ3n) is 18.6. The van der Waals surface area contributed by atoms with Crippen molar-refractivity contribution in [3.8, 4) is 0 Å². The van der Waals surface area contributed by atoms with Crippen LogP contribution < -0.4 is 5.32 Å². The van der Waals surface area contributed by atoms with E-state index < -0.39 is 11.8 Å². The maximum atomic E-state index is 14.2. The Labute approximate surface area is 532 Å². The first-order chi connectivity index (χ1) is 42.1. The monoisotopic (exact) mass is 1190 g/mol. The molecule has 498 valence electrons. The number of ether oxygens (including phenoxy) is 2. The highest BCUT2D eigenvalue weighted by atomic mass is 16.6. The molecular formula is C80H149NO4. The Morgan fingerprint density at radius 2 is 0.471 bits per heavy atom. The summed E-state index contributed by atoms with van der Waals surface area (Å²) in [6.45, 7) is 10.2. The van der Waals surface area contributed by atoms with Crippen LogP contribution >= 0.6 is 0 Å². The lowest BCUT2D eigenvalue weighted by molar-refractivity contribution is -0.165. The highest BCUT2D eigenvalue weighted by Gasteiger charge is 2.41. The van der Waals surface area contributed by atoms with E-state index in [1.807, 2.05) is 0 Å². The first-order valence-electron chi connectivity index (χ1n) is 38.8. The third-order valence-corrected chi connectivity index (χ3v) is 18.6. The molecule has 1 aliphatic heterocycles. The lowest BCUT2D eigenvalue weighted by Gasteiger charge is -2.24. The van der Waals surface area contributed by atoms with Gasteiger partial charge in [-0.05, 0) is 116 Å². The first-order valence-corrected chi connectivity index (χ1v) is 38.8. The molecule has 5 heteroatoms. The van der Waals surface area contributed by atoms with E-state index in [1.165, 1.54) is 321 Å². The number of unbranched alkanes of at least 4 members (excludes halogenated alkanes) is 48. The van der Waals surface area contributed by atoms with Gasteiger partial charge in [-0.25, -0.2) is 0 Å². The second kappa shape index (κ2) is 67.8. The van der Waals surface area contributed by atoms with Gasteiger partial charge in [-0.15, -0.1) is 0 Å². The van der Waals surface area contributed by atoms with E-state index in [0.29, 0.717) is 13.1 Å². The van der Waals surface area contributed by atoms with Crippen molar-refractivity contribution in [2.45, 2.75) is 425 Å². The molecule has 2 atom stereocenters. The summed E-state index contributed by atoms with van der Waals surface area (Å²) in [4.78, 5) is 28.4. The van der Waals surface area contributed by atoms with Crippen molar-refractivity contribution in [2.75, 3.05) is 13.1 Å². The predicted molar refractivity (Wildman–Crippen MR) is 376 cm³/mol. The number of nitrogens with one attached hydrogen (secondary N) is 1. The standard InChI is InChI=1S/C80H149NO4/c1-5-9-13-17-21-25-29-33-37-41-45-49-53-57-61-65-69-75(70-66-62-58-54-50-46-42-38-34-30-26-22-18-14-10-6-2)84-79(82)77-73-81-74-78(77)80(83)85-76(71-67-63-59-55-51-47-43-39-35-31-27-23-19-15-11-7-3)72-68-64-60-56-52-48-44-40-36-32-28-24-20-16-12-8-4/h21-22,25-26,33-34,37-38,75-78,81H,5-20,23-24,27-32,35-36,39-74H2,1-4H3/b25-21-,26-22-,37-33-,38-34-. The molecule has 1 heterocycles. The number of carbonyl (C=O) groups is 2. The Kier molecular flexibility index (Phi) is 64.5. The Balaban J connectivity index is 2.71. The minimum atomic E-state index is -0.464. The zero-order valence-electron chi connectivity index (χ0n) is 57.9. The summed E-state index contributed by atoms with van der Waals surface area (Å²) in [5, 5.41) is 3.42. The Morgan fingerprint density at radius 1 is 0.282 bits per heavy atom. The van der Waals surface area contributed by atoms with Gasteiger partial charge in [0.15, 0.2) is 0 Å². The smallest absolute Gasteiger partial charge is 0.311 e. The van der Waals surface area contributed by atoms with Crippen LogP contribution in [0.4, 0.5) is 0 Å². The molecule has 0 aliphatic carbocycles. The second-order valence-electron chi connectivity index (χ2n) is 26.9. The molecule has 1 saturated heterocycles.